The van der Waals surface area contributed by atoms with Crippen LogP contribution in [-0.2, 0) is 4.79 Å². The second-order valence-electron chi connectivity index (χ2n) is 7.28. The van der Waals surface area contributed by atoms with Crippen LogP contribution >= 0.6 is 11.8 Å². The average molecular weight is 422 g/mol. The minimum Gasteiger partial charge on any atom is -0.349 e. The van der Waals surface area contributed by atoms with Crippen LogP contribution in [0.4, 0.5) is 4.39 Å². The summed E-state index contributed by atoms with van der Waals surface area (Å²) >= 11 is 1.24. The van der Waals surface area contributed by atoms with Gasteiger partial charge in [-0.3, -0.25) is 14.2 Å². The summed E-state index contributed by atoms with van der Waals surface area (Å²) in [5.74, 6) is -0.150. The number of hydrogen-bond donors (Lipinski definition) is 1. The lowest BCUT2D eigenvalue weighted by molar-refractivity contribution is -0.127. The number of benzene rings is 2. The standard InChI is InChI=1S/C22H19FN4O2S/c23-14-7-9-15(10-8-14)27-21(29)20-19(16-5-1-2-6-17(16)24-20)25-22(27)30-13-18(28)26-11-3-4-12-26/h1-2,5-10,24H,3-4,11-13H2. The maximum absolute atomic E-state index is 13.5. The molecule has 0 bridgehead atoms. The Morgan fingerprint density at radius 3 is 2.60 bits per heavy atom. The van der Waals surface area contributed by atoms with E-state index in [9.17, 15) is 14.0 Å². The summed E-state index contributed by atoms with van der Waals surface area (Å²) in [6.45, 7) is 1.55. The Morgan fingerprint density at radius 2 is 1.83 bits per heavy atom. The highest BCUT2D eigenvalue weighted by atomic mass is 32.2. The molecule has 8 heteroatoms. The molecule has 152 valence electrons. The van der Waals surface area contributed by atoms with Gasteiger partial charge in [0.1, 0.15) is 16.9 Å². The summed E-state index contributed by atoms with van der Waals surface area (Å²) in [7, 11) is 0. The molecule has 3 heterocycles. The van der Waals surface area contributed by atoms with Gasteiger partial charge in [-0.15, -0.1) is 0 Å². The number of H-pyrrole nitrogens is 1. The van der Waals surface area contributed by atoms with E-state index >= 15 is 0 Å². The van der Waals surface area contributed by atoms with Crippen LogP contribution in [0.1, 0.15) is 12.8 Å². The Morgan fingerprint density at radius 1 is 1.10 bits per heavy atom. The molecule has 6 nitrogen and oxygen atoms in total. The molecule has 1 aliphatic rings. The third-order valence-corrected chi connectivity index (χ3v) is 6.29. The Balaban J connectivity index is 1.64. The van der Waals surface area contributed by atoms with Crippen LogP contribution < -0.4 is 5.56 Å². The maximum atomic E-state index is 13.5. The van der Waals surface area contributed by atoms with Crippen molar-refractivity contribution in [3.05, 3.63) is 64.7 Å². The molecule has 2 aromatic carbocycles. The number of rotatable bonds is 4. The summed E-state index contributed by atoms with van der Waals surface area (Å²) in [5, 5.41) is 1.26. The maximum Gasteiger partial charge on any atom is 0.283 e. The fourth-order valence-corrected chi connectivity index (χ4v) is 4.75. The van der Waals surface area contributed by atoms with Gasteiger partial charge in [-0.05, 0) is 43.2 Å². The Bertz CT molecular complexity index is 1310. The molecule has 4 aromatic rings. The van der Waals surface area contributed by atoms with Gasteiger partial charge < -0.3 is 9.88 Å². The molecule has 1 amide bonds. The van der Waals surface area contributed by atoms with Gasteiger partial charge >= 0.3 is 0 Å². The molecule has 30 heavy (non-hydrogen) atoms. The highest BCUT2D eigenvalue weighted by Gasteiger charge is 2.21. The van der Waals surface area contributed by atoms with Crippen molar-refractivity contribution in [3.63, 3.8) is 0 Å². The number of amides is 1. The van der Waals surface area contributed by atoms with E-state index in [0.717, 1.165) is 36.8 Å². The van der Waals surface area contributed by atoms with Crippen LogP contribution in [0.25, 0.3) is 27.6 Å². The molecule has 0 saturated carbocycles. The molecule has 0 radical (unpaired) electrons. The quantitative estimate of drug-likeness (QED) is 0.402. The molecule has 0 unspecified atom stereocenters. The number of fused-ring (bicyclic) bond motifs is 3. The molecule has 1 fully saturated rings. The topological polar surface area (TPSA) is 71.0 Å². The normalized spacial score (nSPS) is 14.1. The van der Waals surface area contributed by atoms with Crippen molar-refractivity contribution in [1.29, 1.82) is 0 Å². The van der Waals surface area contributed by atoms with Gasteiger partial charge in [0.2, 0.25) is 5.91 Å². The number of thioether (sulfide) groups is 1. The van der Waals surface area contributed by atoms with Crippen LogP contribution in [-0.4, -0.2) is 44.2 Å². The van der Waals surface area contributed by atoms with Crippen molar-refractivity contribution >= 4 is 39.6 Å². The smallest absolute Gasteiger partial charge is 0.283 e. The third kappa shape index (κ3) is 3.27. The van der Waals surface area contributed by atoms with Crippen LogP contribution in [0.5, 0.6) is 0 Å². The number of hydrogen-bond acceptors (Lipinski definition) is 4. The van der Waals surface area contributed by atoms with E-state index in [1.54, 1.807) is 12.1 Å². The van der Waals surface area contributed by atoms with Crippen LogP contribution in [0.15, 0.2) is 58.5 Å². The summed E-state index contributed by atoms with van der Waals surface area (Å²) in [4.78, 5) is 35.7. The van der Waals surface area contributed by atoms with E-state index in [-0.39, 0.29) is 23.0 Å². The van der Waals surface area contributed by atoms with Gasteiger partial charge in [0.15, 0.2) is 5.16 Å². The number of nitrogens with one attached hydrogen (secondary N) is 1. The number of nitrogens with zero attached hydrogens (tertiary/aromatic N) is 3. The van der Waals surface area contributed by atoms with E-state index in [4.69, 9.17) is 4.98 Å². The van der Waals surface area contributed by atoms with Crippen molar-refractivity contribution in [2.45, 2.75) is 18.0 Å². The van der Waals surface area contributed by atoms with Gasteiger partial charge in [0.25, 0.3) is 5.56 Å². The molecule has 0 atom stereocenters. The number of aromatic nitrogens is 3. The van der Waals surface area contributed by atoms with Crippen LogP contribution in [0.2, 0.25) is 0 Å². The van der Waals surface area contributed by atoms with E-state index in [1.807, 2.05) is 29.2 Å². The van der Waals surface area contributed by atoms with Crippen LogP contribution in [0, 0.1) is 5.82 Å². The Labute approximate surface area is 175 Å². The van der Waals surface area contributed by atoms with Crippen LogP contribution in [0.3, 0.4) is 0 Å². The highest BCUT2D eigenvalue weighted by Crippen LogP contribution is 2.26. The number of carbonyl (C=O) groups is 1. The minimum absolute atomic E-state index is 0.0384. The third-order valence-electron chi connectivity index (χ3n) is 5.36. The zero-order valence-electron chi connectivity index (χ0n) is 16.1. The van der Waals surface area contributed by atoms with E-state index < -0.39 is 0 Å². The summed E-state index contributed by atoms with van der Waals surface area (Å²) in [5.41, 5.74) is 2.00. The predicted molar refractivity (Wildman–Crippen MR) is 116 cm³/mol. The predicted octanol–water partition coefficient (Wildman–Crippen LogP) is 3.72. The summed E-state index contributed by atoms with van der Waals surface area (Å²) in [6, 6.07) is 13.3. The lowest BCUT2D eigenvalue weighted by atomic mass is 10.2. The second-order valence-corrected chi connectivity index (χ2v) is 8.22. The SMILES string of the molecule is O=C(CSc1nc2c([nH]c3ccccc32)c(=O)n1-c1ccc(F)cc1)N1CCCC1. The molecule has 2 aromatic heterocycles. The van der Waals surface area contributed by atoms with Crippen molar-refractivity contribution in [1.82, 2.24) is 19.4 Å². The van der Waals surface area contributed by atoms with Crippen molar-refractivity contribution in [2.24, 2.45) is 0 Å². The zero-order chi connectivity index (χ0) is 20.7. The fraction of sp³-hybridized carbons (Fsp3) is 0.227. The first-order valence-electron chi connectivity index (χ1n) is 9.82. The van der Waals surface area contributed by atoms with Gasteiger partial charge in [0.05, 0.1) is 11.4 Å². The molecule has 1 aliphatic heterocycles. The summed E-state index contributed by atoms with van der Waals surface area (Å²) < 4.78 is 14.9. The second kappa shape index (κ2) is 7.60. The fourth-order valence-electron chi connectivity index (χ4n) is 3.84. The molecular formula is C22H19FN4O2S. The number of para-hydroxylation sites is 1. The monoisotopic (exact) mass is 422 g/mol. The van der Waals surface area contributed by atoms with Gasteiger partial charge in [0, 0.05) is 24.0 Å². The minimum atomic E-state index is -0.384. The Kier molecular flexibility index (Phi) is 4.78. The number of likely N-dealkylation sites (tertiary alicyclic amines) is 1. The lowest BCUT2D eigenvalue weighted by Crippen LogP contribution is -2.29. The van der Waals surface area contributed by atoms with Crippen molar-refractivity contribution in [2.75, 3.05) is 18.8 Å². The number of halogens is 1. The highest BCUT2D eigenvalue weighted by molar-refractivity contribution is 7.99. The average Bonchev–Trinajstić information content (AvgIpc) is 3.42. The number of aromatic amines is 1. The molecule has 1 N–H and O–H groups in total. The first-order chi connectivity index (χ1) is 14.6. The molecular weight excluding hydrogens is 403 g/mol. The first kappa shape index (κ1) is 18.9. The first-order valence-corrected chi connectivity index (χ1v) is 10.8. The molecule has 0 spiro atoms. The van der Waals surface area contributed by atoms with Gasteiger partial charge in [-0.2, -0.15) is 0 Å². The summed E-state index contributed by atoms with van der Waals surface area (Å²) in [6.07, 6.45) is 2.05. The molecule has 1 saturated heterocycles. The molecule has 5 rings (SSSR count). The number of carbonyl (C=O) groups excluding carboxylic acids is 1. The lowest BCUT2D eigenvalue weighted by Gasteiger charge is -2.16. The van der Waals surface area contributed by atoms with Gasteiger partial charge in [-0.25, -0.2) is 9.37 Å². The largest absolute Gasteiger partial charge is 0.349 e. The van der Waals surface area contributed by atoms with Gasteiger partial charge in [-0.1, -0.05) is 30.0 Å². The van der Waals surface area contributed by atoms with E-state index in [0.29, 0.717) is 21.9 Å². The molecule has 0 aliphatic carbocycles. The zero-order valence-corrected chi connectivity index (χ0v) is 16.9. The van der Waals surface area contributed by atoms with E-state index in [1.165, 1.54) is 28.5 Å². The van der Waals surface area contributed by atoms with Crippen molar-refractivity contribution in [3.8, 4) is 5.69 Å². The Hall–Kier alpha value is -3.13. The van der Waals surface area contributed by atoms with Crippen molar-refractivity contribution < 1.29 is 9.18 Å². The van der Waals surface area contributed by atoms with E-state index in [2.05, 4.69) is 4.98 Å².